The summed E-state index contributed by atoms with van der Waals surface area (Å²) in [7, 11) is -2.29. The average Bonchev–Trinajstić information content (AvgIpc) is 3.44. The zero-order valence-corrected chi connectivity index (χ0v) is 31.3. The molecular weight excluding hydrogens is 663 g/mol. The lowest BCUT2D eigenvalue weighted by Crippen LogP contribution is -2.32. The van der Waals surface area contributed by atoms with E-state index in [-0.39, 0.29) is 4.90 Å². The van der Waals surface area contributed by atoms with Gasteiger partial charge >= 0.3 is 6.16 Å². The molecule has 0 atom stereocenters. The number of benzene rings is 4. The van der Waals surface area contributed by atoms with Gasteiger partial charge in [-0.25, -0.2) is 18.2 Å². The number of sulfonamides is 1. The summed E-state index contributed by atoms with van der Waals surface area (Å²) in [5.41, 5.74) is 4.37. The molecule has 0 unspecified atom stereocenters. The van der Waals surface area contributed by atoms with Gasteiger partial charge in [0.15, 0.2) is 0 Å². The molecule has 51 heavy (non-hydrogen) atoms. The van der Waals surface area contributed by atoms with E-state index in [0.29, 0.717) is 30.3 Å². The van der Waals surface area contributed by atoms with Gasteiger partial charge in [0.1, 0.15) is 22.9 Å². The van der Waals surface area contributed by atoms with E-state index >= 15 is 0 Å². The van der Waals surface area contributed by atoms with Gasteiger partial charge in [-0.1, -0.05) is 75.6 Å². The van der Waals surface area contributed by atoms with Crippen molar-refractivity contribution in [1.29, 1.82) is 0 Å². The molecule has 0 aliphatic heterocycles. The minimum absolute atomic E-state index is 0.218. The van der Waals surface area contributed by atoms with E-state index in [9.17, 15) is 13.2 Å². The molecular formula is C41H49N3O6S. The quantitative estimate of drug-likeness (QED) is 0.0606. The van der Waals surface area contributed by atoms with E-state index in [2.05, 4.69) is 30.5 Å². The van der Waals surface area contributed by atoms with Gasteiger partial charge in [-0.05, 0) is 93.3 Å². The molecule has 0 aliphatic rings. The first-order valence-corrected chi connectivity index (χ1v) is 19.1. The third-order valence-corrected chi connectivity index (χ3v) is 10.4. The van der Waals surface area contributed by atoms with E-state index in [0.717, 1.165) is 72.1 Å². The van der Waals surface area contributed by atoms with E-state index < -0.39 is 21.8 Å². The van der Waals surface area contributed by atoms with Crippen molar-refractivity contribution in [2.24, 2.45) is 0 Å². The Kier molecular flexibility index (Phi) is 12.1. The fourth-order valence-corrected chi connectivity index (χ4v) is 7.41. The Balaban J connectivity index is 1.49. The van der Waals surface area contributed by atoms with Gasteiger partial charge in [-0.15, -0.1) is 0 Å². The standard InChI is InChI=1S/C41H49N3O6S/c1-7-9-13-27-44(51(46,47)34-24-22-33(48-6)23-25-34)32-21-26-36-37(28-32)43(39(42-36)16-10-8-2)29-30-17-19-31(20-18-30)35-14-11-12-15-38(35)49-40(45)50-41(3,4)5/h11-12,14-15,17-26,28H,7-10,13,16,27,29H2,1-6H3. The van der Waals surface area contributed by atoms with E-state index in [1.165, 1.54) is 4.31 Å². The van der Waals surface area contributed by atoms with Gasteiger partial charge in [0.25, 0.3) is 10.0 Å². The van der Waals surface area contributed by atoms with Gasteiger partial charge in [-0.2, -0.15) is 0 Å². The van der Waals surface area contributed by atoms with Crippen LogP contribution < -0.4 is 13.8 Å². The van der Waals surface area contributed by atoms with Crippen molar-refractivity contribution in [3.05, 3.63) is 102 Å². The first-order chi connectivity index (χ1) is 24.4. The molecule has 0 amide bonds. The van der Waals surface area contributed by atoms with Crippen molar-refractivity contribution in [2.45, 2.75) is 90.2 Å². The largest absolute Gasteiger partial charge is 0.514 e. The maximum atomic E-state index is 14.1. The monoisotopic (exact) mass is 711 g/mol. The topological polar surface area (TPSA) is 100.0 Å². The SMILES string of the molecule is CCCCCN(c1ccc2nc(CCCC)n(Cc3ccc(-c4ccccc4OC(=O)OC(C)(C)C)cc3)c2c1)S(=O)(=O)c1ccc(OC)cc1. The van der Waals surface area contributed by atoms with Gasteiger partial charge in [0, 0.05) is 25.1 Å². The summed E-state index contributed by atoms with van der Waals surface area (Å²) < 4.78 is 48.2. The lowest BCUT2D eigenvalue weighted by atomic mass is 10.0. The van der Waals surface area contributed by atoms with Gasteiger partial charge in [0.05, 0.1) is 28.7 Å². The van der Waals surface area contributed by atoms with Crippen LogP contribution in [0.25, 0.3) is 22.2 Å². The predicted molar refractivity (Wildman–Crippen MR) is 203 cm³/mol. The average molecular weight is 712 g/mol. The molecule has 9 nitrogen and oxygen atoms in total. The van der Waals surface area contributed by atoms with Crippen molar-refractivity contribution >= 4 is 32.9 Å². The maximum Gasteiger partial charge on any atom is 0.514 e. The number of aromatic nitrogens is 2. The molecule has 1 heterocycles. The number of imidazole rings is 1. The summed E-state index contributed by atoms with van der Waals surface area (Å²) in [5.74, 6) is 1.98. The van der Waals surface area contributed by atoms with Crippen molar-refractivity contribution in [3.63, 3.8) is 0 Å². The number of carbonyl (C=O) groups excluding carboxylic acids is 1. The molecule has 4 aromatic carbocycles. The number of anilines is 1. The summed E-state index contributed by atoms with van der Waals surface area (Å²) in [6.45, 7) is 10.6. The number of methoxy groups -OCH3 is 1. The molecule has 0 N–H and O–H groups in total. The highest BCUT2D eigenvalue weighted by atomic mass is 32.2. The molecule has 1 aromatic heterocycles. The van der Waals surface area contributed by atoms with Crippen LogP contribution in [0.1, 0.15) is 78.1 Å². The normalized spacial score (nSPS) is 11.8. The van der Waals surface area contributed by atoms with Crippen LogP contribution in [0.15, 0.2) is 95.9 Å². The zero-order chi connectivity index (χ0) is 36.6. The molecule has 0 spiro atoms. The van der Waals surface area contributed by atoms with Crippen molar-refractivity contribution in [2.75, 3.05) is 18.0 Å². The first kappa shape index (κ1) is 37.4. The lowest BCUT2D eigenvalue weighted by molar-refractivity contribution is 0.0207. The number of aryl methyl sites for hydroxylation is 1. The summed E-state index contributed by atoms with van der Waals surface area (Å²) in [6.07, 6.45) is 4.70. The first-order valence-electron chi connectivity index (χ1n) is 17.7. The van der Waals surface area contributed by atoms with Crippen molar-refractivity contribution in [1.82, 2.24) is 9.55 Å². The van der Waals surface area contributed by atoms with Crippen molar-refractivity contribution < 1.29 is 27.4 Å². The Bertz CT molecular complexity index is 2030. The van der Waals surface area contributed by atoms with E-state index in [4.69, 9.17) is 19.2 Å². The highest BCUT2D eigenvalue weighted by Crippen LogP contribution is 2.33. The molecule has 0 aliphatic carbocycles. The van der Waals surface area contributed by atoms with Crippen molar-refractivity contribution in [3.8, 4) is 22.6 Å². The van der Waals surface area contributed by atoms with Crippen LogP contribution >= 0.6 is 0 Å². The van der Waals surface area contributed by atoms with Crippen LogP contribution in [0.4, 0.5) is 10.5 Å². The number of carbonyl (C=O) groups is 1. The highest BCUT2D eigenvalue weighted by Gasteiger charge is 2.26. The minimum atomic E-state index is -3.85. The maximum absolute atomic E-state index is 14.1. The molecule has 10 heteroatoms. The third-order valence-electron chi connectivity index (χ3n) is 8.54. The molecule has 0 fully saturated rings. The molecule has 5 rings (SSSR count). The van der Waals surface area contributed by atoms with Crippen LogP contribution in [0.3, 0.4) is 0 Å². The van der Waals surface area contributed by atoms with Gasteiger partial charge in [0.2, 0.25) is 0 Å². The minimum Gasteiger partial charge on any atom is -0.497 e. The number of hydrogen-bond donors (Lipinski definition) is 0. The number of nitrogens with zero attached hydrogens (tertiary/aromatic N) is 3. The predicted octanol–water partition coefficient (Wildman–Crippen LogP) is 9.80. The highest BCUT2D eigenvalue weighted by molar-refractivity contribution is 7.92. The number of hydrogen-bond acceptors (Lipinski definition) is 7. The van der Waals surface area contributed by atoms with Gasteiger partial charge in [-0.3, -0.25) is 4.31 Å². The molecule has 0 bridgehead atoms. The summed E-state index contributed by atoms with van der Waals surface area (Å²) in [4.78, 5) is 17.7. The Morgan fingerprint density at radius 3 is 2.24 bits per heavy atom. The third kappa shape index (κ3) is 9.29. The van der Waals surface area contributed by atoms with E-state index in [1.54, 1.807) is 58.2 Å². The van der Waals surface area contributed by atoms with Gasteiger partial charge < -0.3 is 18.8 Å². The molecule has 0 radical (unpaired) electrons. The van der Waals surface area contributed by atoms with Crippen LogP contribution in [0.5, 0.6) is 11.5 Å². The Hall–Kier alpha value is -4.83. The number of fused-ring (bicyclic) bond motifs is 1. The fourth-order valence-electron chi connectivity index (χ4n) is 5.91. The Labute approximate surface area is 302 Å². The molecule has 0 saturated carbocycles. The molecule has 0 saturated heterocycles. The van der Waals surface area contributed by atoms with E-state index in [1.807, 2.05) is 48.5 Å². The van der Waals surface area contributed by atoms with Crippen LogP contribution in [-0.2, 0) is 27.7 Å². The molecule has 5 aromatic rings. The Morgan fingerprint density at radius 2 is 1.57 bits per heavy atom. The Morgan fingerprint density at radius 1 is 0.863 bits per heavy atom. The number of rotatable bonds is 15. The van der Waals surface area contributed by atoms with Crippen LogP contribution in [-0.4, -0.2) is 43.4 Å². The number of ether oxygens (including phenoxy) is 3. The summed E-state index contributed by atoms with van der Waals surface area (Å²) in [6, 6.07) is 27.8. The summed E-state index contributed by atoms with van der Waals surface area (Å²) >= 11 is 0. The number of para-hydroxylation sites is 1. The zero-order valence-electron chi connectivity index (χ0n) is 30.5. The second kappa shape index (κ2) is 16.5. The fraction of sp³-hybridized carbons (Fsp3) is 0.366. The number of unbranched alkanes of at least 4 members (excludes halogenated alkanes) is 3. The second-order valence-electron chi connectivity index (χ2n) is 13.6. The molecule has 270 valence electrons. The smallest absolute Gasteiger partial charge is 0.497 e. The lowest BCUT2D eigenvalue weighted by Gasteiger charge is -2.25. The van der Waals surface area contributed by atoms with Crippen LogP contribution in [0, 0.1) is 0 Å². The van der Waals surface area contributed by atoms with Crippen LogP contribution in [0.2, 0.25) is 0 Å². The second-order valence-corrected chi connectivity index (χ2v) is 15.5. The summed E-state index contributed by atoms with van der Waals surface area (Å²) in [5, 5.41) is 0.